The Balaban J connectivity index is 2.49. The predicted molar refractivity (Wildman–Crippen MR) is 71.7 cm³/mol. The van der Waals surface area contributed by atoms with E-state index in [1.54, 1.807) is 0 Å². The first-order valence-corrected chi connectivity index (χ1v) is 6.74. The highest BCUT2D eigenvalue weighted by Crippen LogP contribution is 2.24. The number of hydrogen-bond donors (Lipinski definition) is 2. The van der Waals surface area contributed by atoms with E-state index >= 15 is 0 Å². The van der Waals surface area contributed by atoms with Crippen molar-refractivity contribution in [2.24, 2.45) is 5.73 Å². The van der Waals surface area contributed by atoms with Crippen LogP contribution >= 0.6 is 11.8 Å². The molecule has 0 saturated carbocycles. The molecule has 0 amide bonds. The van der Waals surface area contributed by atoms with Crippen molar-refractivity contribution in [3.63, 3.8) is 0 Å². The maximum Gasteiger partial charge on any atom is 0.0438 e. The minimum atomic E-state index is 0.0734. The summed E-state index contributed by atoms with van der Waals surface area (Å²) in [5.41, 5.74) is 8.64. The number of benzene rings is 1. The molecular weight excluding hydrogens is 218 g/mol. The number of nitrogens with two attached hydrogens (primary N) is 1. The van der Waals surface area contributed by atoms with Crippen LogP contribution in [0.1, 0.15) is 30.5 Å². The summed E-state index contributed by atoms with van der Waals surface area (Å²) in [6.45, 7) is 4.49. The molecular formula is C13H21NOS. The Hall–Kier alpha value is -0.510. The van der Waals surface area contributed by atoms with Gasteiger partial charge in [-0.2, -0.15) is 11.8 Å². The molecule has 16 heavy (non-hydrogen) atoms. The van der Waals surface area contributed by atoms with E-state index < -0.39 is 0 Å². The molecule has 0 heterocycles. The third-order valence-corrected chi connectivity index (χ3v) is 3.99. The summed E-state index contributed by atoms with van der Waals surface area (Å²) in [6.07, 6.45) is 0.843. The van der Waals surface area contributed by atoms with E-state index in [1.165, 1.54) is 11.1 Å². The number of aliphatic hydroxyl groups is 1. The smallest absolute Gasteiger partial charge is 0.0438 e. The maximum absolute atomic E-state index is 8.72. The van der Waals surface area contributed by atoms with Crippen LogP contribution in [0.15, 0.2) is 24.3 Å². The first-order chi connectivity index (χ1) is 7.65. The zero-order chi connectivity index (χ0) is 12.0. The van der Waals surface area contributed by atoms with E-state index in [1.807, 2.05) is 11.8 Å². The van der Waals surface area contributed by atoms with Gasteiger partial charge in [-0.15, -0.1) is 0 Å². The molecule has 0 aromatic heterocycles. The molecule has 0 radical (unpaired) electrons. The lowest BCUT2D eigenvalue weighted by atomic mass is 10.0. The molecule has 2 atom stereocenters. The fourth-order valence-electron chi connectivity index (χ4n) is 1.50. The molecule has 2 unspecified atom stereocenters. The van der Waals surface area contributed by atoms with E-state index in [-0.39, 0.29) is 12.6 Å². The van der Waals surface area contributed by atoms with E-state index in [2.05, 4.69) is 38.1 Å². The van der Waals surface area contributed by atoms with Crippen molar-refractivity contribution in [2.45, 2.75) is 31.6 Å². The van der Waals surface area contributed by atoms with Crippen molar-refractivity contribution in [3.05, 3.63) is 35.4 Å². The Morgan fingerprint density at radius 3 is 2.50 bits per heavy atom. The summed E-state index contributed by atoms with van der Waals surface area (Å²) in [4.78, 5) is 0. The van der Waals surface area contributed by atoms with Gasteiger partial charge in [0.1, 0.15) is 0 Å². The normalized spacial score (nSPS) is 14.8. The second-order valence-electron chi connectivity index (χ2n) is 4.09. The number of hydrogen-bond acceptors (Lipinski definition) is 3. The van der Waals surface area contributed by atoms with E-state index in [9.17, 15) is 0 Å². The van der Waals surface area contributed by atoms with Gasteiger partial charge in [-0.05, 0) is 24.7 Å². The fraction of sp³-hybridized carbons (Fsp3) is 0.538. The lowest BCUT2D eigenvalue weighted by molar-refractivity contribution is 0.296. The third kappa shape index (κ3) is 4.16. The highest BCUT2D eigenvalue weighted by atomic mass is 32.2. The zero-order valence-electron chi connectivity index (χ0n) is 10.0. The molecule has 0 aliphatic heterocycles. The summed E-state index contributed by atoms with van der Waals surface area (Å²) in [6, 6.07) is 8.47. The summed E-state index contributed by atoms with van der Waals surface area (Å²) in [7, 11) is 0. The Bertz CT molecular complexity index is 299. The Morgan fingerprint density at radius 2 is 1.94 bits per heavy atom. The quantitative estimate of drug-likeness (QED) is 0.750. The van der Waals surface area contributed by atoms with Gasteiger partial charge < -0.3 is 10.8 Å². The van der Waals surface area contributed by atoms with Gasteiger partial charge in [0.15, 0.2) is 0 Å². The Labute approximate surface area is 102 Å². The Kier molecular flexibility index (Phi) is 5.88. The topological polar surface area (TPSA) is 46.2 Å². The van der Waals surface area contributed by atoms with E-state index in [0.29, 0.717) is 5.25 Å². The molecule has 1 rings (SSSR count). The van der Waals surface area contributed by atoms with Crippen LogP contribution in [0.25, 0.3) is 0 Å². The second kappa shape index (κ2) is 6.94. The highest BCUT2D eigenvalue weighted by molar-refractivity contribution is 7.99. The molecule has 0 saturated heterocycles. The standard InChI is InChI=1S/C13H21NOS/c1-10-4-6-12(7-5-10)13(14)11(2)16-9-3-8-15/h4-7,11,13,15H,3,8-9,14H2,1-2H3. The lowest BCUT2D eigenvalue weighted by Crippen LogP contribution is -2.21. The Morgan fingerprint density at radius 1 is 1.31 bits per heavy atom. The van der Waals surface area contributed by atoms with Crippen LogP contribution in [0, 0.1) is 6.92 Å². The molecule has 0 bridgehead atoms. The van der Waals surface area contributed by atoms with E-state index in [0.717, 1.165) is 12.2 Å². The summed E-state index contributed by atoms with van der Waals surface area (Å²) >= 11 is 1.82. The number of thioether (sulfide) groups is 1. The number of aryl methyl sites for hydroxylation is 1. The number of aliphatic hydroxyl groups excluding tert-OH is 1. The minimum absolute atomic E-state index is 0.0734. The first kappa shape index (κ1) is 13.6. The van der Waals surface area contributed by atoms with Gasteiger partial charge in [-0.3, -0.25) is 0 Å². The molecule has 0 fully saturated rings. The molecule has 1 aromatic rings. The molecule has 90 valence electrons. The molecule has 3 heteroatoms. The monoisotopic (exact) mass is 239 g/mol. The maximum atomic E-state index is 8.72. The first-order valence-electron chi connectivity index (χ1n) is 5.69. The summed E-state index contributed by atoms with van der Waals surface area (Å²) in [5, 5.41) is 9.10. The van der Waals surface area contributed by atoms with Crippen LogP contribution in [0.2, 0.25) is 0 Å². The van der Waals surface area contributed by atoms with Crippen molar-refractivity contribution >= 4 is 11.8 Å². The molecule has 3 N–H and O–H groups in total. The van der Waals surface area contributed by atoms with Crippen LogP contribution in [0.5, 0.6) is 0 Å². The molecule has 0 aliphatic carbocycles. The van der Waals surface area contributed by atoms with Crippen molar-refractivity contribution < 1.29 is 5.11 Å². The largest absolute Gasteiger partial charge is 0.396 e. The average Bonchev–Trinajstić information content (AvgIpc) is 2.29. The summed E-state index contributed by atoms with van der Waals surface area (Å²) in [5.74, 6) is 0.969. The van der Waals surface area contributed by atoms with Crippen molar-refractivity contribution in [2.75, 3.05) is 12.4 Å². The van der Waals surface area contributed by atoms with E-state index in [4.69, 9.17) is 10.8 Å². The average molecular weight is 239 g/mol. The van der Waals surface area contributed by atoms with Crippen LogP contribution in [-0.2, 0) is 0 Å². The van der Waals surface area contributed by atoms with Crippen LogP contribution in [0.4, 0.5) is 0 Å². The van der Waals surface area contributed by atoms with Crippen molar-refractivity contribution in [1.82, 2.24) is 0 Å². The van der Waals surface area contributed by atoms with Gasteiger partial charge in [0.25, 0.3) is 0 Å². The van der Waals surface area contributed by atoms with Gasteiger partial charge in [0, 0.05) is 17.9 Å². The molecule has 0 aliphatic rings. The zero-order valence-corrected chi connectivity index (χ0v) is 10.8. The van der Waals surface area contributed by atoms with Gasteiger partial charge in [0.05, 0.1) is 0 Å². The fourth-order valence-corrected chi connectivity index (χ4v) is 2.53. The predicted octanol–water partition coefficient (Wildman–Crippen LogP) is 2.50. The molecule has 2 nitrogen and oxygen atoms in total. The van der Waals surface area contributed by atoms with Crippen LogP contribution in [-0.4, -0.2) is 22.7 Å². The SMILES string of the molecule is Cc1ccc(C(N)C(C)SCCCO)cc1. The lowest BCUT2D eigenvalue weighted by Gasteiger charge is -2.19. The van der Waals surface area contributed by atoms with Crippen LogP contribution < -0.4 is 5.73 Å². The van der Waals surface area contributed by atoms with Crippen molar-refractivity contribution in [3.8, 4) is 0 Å². The van der Waals surface area contributed by atoms with Crippen LogP contribution in [0.3, 0.4) is 0 Å². The second-order valence-corrected chi connectivity index (χ2v) is 5.57. The number of rotatable bonds is 6. The third-order valence-electron chi connectivity index (χ3n) is 2.65. The van der Waals surface area contributed by atoms with Gasteiger partial charge in [0.2, 0.25) is 0 Å². The minimum Gasteiger partial charge on any atom is -0.396 e. The molecule has 0 spiro atoms. The summed E-state index contributed by atoms with van der Waals surface area (Å²) < 4.78 is 0. The van der Waals surface area contributed by atoms with Gasteiger partial charge in [-0.1, -0.05) is 36.8 Å². The van der Waals surface area contributed by atoms with Gasteiger partial charge >= 0.3 is 0 Å². The molecule has 1 aromatic carbocycles. The van der Waals surface area contributed by atoms with Gasteiger partial charge in [-0.25, -0.2) is 0 Å². The van der Waals surface area contributed by atoms with Crippen molar-refractivity contribution in [1.29, 1.82) is 0 Å². The highest BCUT2D eigenvalue weighted by Gasteiger charge is 2.14.